The molecular formula is C33H36FN5O5S. The molecule has 2 atom stereocenters. The molecule has 0 saturated carbocycles. The maximum atomic E-state index is 14.6. The number of amides is 2. The lowest BCUT2D eigenvalue weighted by Crippen LogP contribution is -2.38. The van der Waals surface area contributed by atoms with Crippen LogP contribution in [-0.4, -0.2) is 49.0 Å². The second kappa shape index (κ2) is 12.7. The number of nitrogens with zero attached hydrogens (tertiary/aromatic N) is 2. The topological polar surface area (TPSA) is 144 Å². The second-order valence-electron chi connectivity index (χ2n) is 11.3. The number of carbonyl (C=O) groups is 2. The molecule has 1 fully saturated rings. The molecule has 0 bridgehead atoms. The molecule has 236 valence electrons. The number of sulfone groups is 1. The molecule has 0 radical (unpaired) electrons. The van der Waals surface area contributed by atoms with Crippen molar-refractivity contribution in [3.63, 3.8) is 0 Å². The smallest absolute Gasteiger partial charge is 0.250 e. The van der Waals surface area contributed by atoms with E-state index in [0.29, 0.717) is 47.7 Å². The summed E-state index contributed by atoms with van der Waals surface area (Å²) in [6.07, 6.45) is 2.74. The highest BCUT2D eigenvalue weighted by atomic mass is 32.2. The summed E-state index contributed by atoms with van der Waals surface area (Å²) in [7, 11) is -2.39. The summed E-state index contributed by atoms with van der Waals surface area (Å²) < 4.78 is 46.7. The number of rotatable bonds is 9. The van der Waals surface area contributed by atoms with Gasteiger partial charge in [0.1, 0.15) is 11.9 Å². The number of methoxy groups -OCH3 is 1. The Morgan fingerprint density at radius 3 is 2.53 bits per heavy atom. The molecule has 0 aliphatic carbocycles. The van der Waals surface area contributed by atoms with Gasteiger partial charge in [-0.1, -0.05) is 6.07 Å². The third kappa shape index (κ3) is 6.41. The molecule has 1 aromatic heterocycles. The number of nitrogen functional groups attached to an aromatic ring is 1. The molecule has 4 aromatic rings. The van der Waals surface area contributed by atoms with Crippen LogP contribution in [0, 0.1) is 5.82 Å². The number of ether oxygens (including phenoxy) is 1. The summed E-state index contributed by atoms with van der Waals surface area (Å²) in [5.41, 5.74) is 7.98. The van der Waals surface area contributed by atoms with Gasteiger partial charge in [0.05, 0.1) is 23.3 Å². The monoisotopic (exact) mass is 633 g/mol. The molecule has 2 heterocycles. The molecular weight excluding hydrogens is 597 g/mol. The van der Waals surface area contributed by atoms with Gasteiger partial charge in [-0.3, -0.25) is 9.59 Å². The van der Waals surface area contributed by atoms with E-state index in [1.54, 1.807) is 43.1 Å². The Morgan fingerprint density at radius 1 is 1.07 bits per heavy atom. The van der Waals surface area contributed by atoms with Gasteiger partial charge in [0.25, 0.3) is 0 Å². The first kappa shape index (κ1) is 31.7. The Hall–Kier alpha value is -4.71. The number of anilines is 3. The molecule has 1 aliphatic rings. The van der Waals surface area contributed by atoms with Gasteiger partial charge < -0.3 is 26.0 Å². The number of benzene rings is 3. The second-order valence-corrected chi connectivity index (χ2v) is 13.8. The lowest BCUT2D eigenvalue weighted by atomic mass is 10.0. The number of fused-ring (bicyclic) bond motifs is 1. The molecule has 4 N–H and O–H groups in total. The van der Waals surface area contributed by atoms with Crippen molar-refractivity contribution in [1.82, 2.24) is 9.88 Å². The van der Waals surface area contributed by atoms with Crippen molar-refractivity contribution < 1.29 is 27.1 Å². The third-order valence-electron chi connectivity index (χ3n) is 8.01. The van der Waals surface area contributed by atoms with Gasteiger partial charge in [-0.2, -0.15) is 0 Å². The zero-order chi connectivity index (χ0) is 32.5. The zero-order valence-corrected chi connectivity index (χ0v) is 26.3. The van der Waals surface area contributed by atoms with Crippen LogP contribution < -0.4 is 21.1 Å². The molecule has 12 heteroatoms. The van der Waals surface area contributed by atoms with Crippen LogP contribution >= 0.6 is 0 Å². The van der Waals surface area contributed by atoms with E-state index in [1.807, 2.05) is 18.2 Å². The largest absolute Gasteiger partial charge is 0.494 e. The minimum absolute atomic E-state index is 0.0178. The predicted molar refractivity (Wildman–Crippen MR) is 172 cm³/mol. The minimum Gasteiger partial charge on any atom is -0.494 e. The summed E-state index contributed by atoms with van der Waals surface area (Å²) >= 11 is 0. The van der Waals surface area contributed by atoms with E-state index in [2.05, 4.69) is 15.6 Å². The summed E-state index contributed by atoms with van der Waals surface area (Å²) in [6.45, 7) is 4.95. The fourth-order valence-corrected chi connectivity index (χ4v) is 7.01. The van der Waals surface area contributed by atoms with Gasteiger partial charge in [0.15, 0.2) is 21.4 Å². The van der Waals surface area contributed by atoms with Gasteiger partial charge in [-0.05, 0) is 97.8 Å². The molecule has 1 aliphatic heterocycles. The van der Waals surface area contributed by atoms with Crippen molar-refractivity contribution in [3.8, 4) is 5.75 Å². The normalized spacial score (nSPS) is 15.7. The quantitative estimate of drug-likeness (QED) is 0.215. The molecule has 2 amide bonds. The van der Waals surface area contributed by atoms with Crippen LogP contribution in [0.15, 0.2) is 71.8 Å². The Labute approximate surface area is 261 Å². The lowest BCUT2D eigenvalue weighted by Gasteiger charge is -2.32. The van der Waals surface area contributed by atoms with Crippen LogP contribution in [0.1, 0.15) is 56.8 Å². The van der Waals surface area contributed by atoms with Gasteiger partial charge in [-0.25, -0.2) is 17.8 Å². The molecule has 45 heavy (non-hydrogen) atoms. The number of halogens is 1. The van der Waals surface area contributed by atoms with Crippen molar-refractivity contribution in [1.29, 1.82) is 0 Å². The maximum Gasteiger partial charge on any atom is 0.250 e. The van der Waals surface area contributed by atoms with E-state index >= 15 is 0 Å². The number of likely N-dealkylation sites (tertiary alicyclic amines) is 1. The van der Waals surface area contributed by atoms with E-state index in [9.17, 15) is 22.4 Å². The Morgan fingerprint density at radius 2 is 1.82 bits per heavy atom. The zero-order valence-electron chi connectivity index (χ0n) is 25.5. The van der Waals surface area contributed by atoms with Gasteiger partial charge in [0.2, 0.25) is 11.8 Å². The van der Waals surface area contributed by atoms with Crippen molar-refractivity contribution in [3.05, 3.63) is 83.8 Å². The molecule has 1 saturated heterocycles. The van der Waals surface area contributed by atoms with Crippen LogP contribution in [0.3, 0.4) is 0 Å². The average Bonchev–Trinajstić information content (AvgIpc) is 3.49. The Kier molecular flexibility index (Phi) is 8.96. The minimum atomic E-state index is -3.74. The van der Waals surface area contributed by atoms with E-state index in [4.69, 9.17) is 10.5 Å². The van der Waals surface area contributed by atoms with Crippen LogP contribution in [0.5, 0.6) is 5.75 Å². The number of hydrogen-bond donors (Lipinski definition) is 3. The molecule has 0 spiro atoms. The fraction of sp³-hybridized carbons (Fsp3) is 0.303. The van der Waals surface area contributed by atoms with Crippen molar-refractivity contribution in [2.45, 2.75) is 55.8 Å². The highest BCUT2D eigenvalue weighted by Crippen LogP contribution is 2.40. The van der Waals surface area contributed by atoms with Crippen LogP contribution in [0.2, 0.25) is 0 Å². The maximum absolute atomic E-state index is 14.6. The number of pyridine rings is 1. The highest BCUT2D eigenvalue weighted by Gasteiger charge is 2.38. The van der Waals surface area contributed by atoms with Gasteiger partial charge in [-0.15, -0.1) is 0 Å². The third-order valence-corrected chi connectivity index (χ3v) is 10.2. The summed E-state index contributed by atoms with van der Waals surface area (Å²) in [5, 5.41) is 6.91. The Bertz CT molecular complexity index is 1880. The first-order valence-corrected chi connectivity index (χ1v) is 16.2. The SMILES string of the molecule is COc1cc(C(Nc2ccc3c(N)nccc3c2)C(=O)N2CCCC2c2cc(NC(C)=O)ccc2S(=O)(=O)C(C)C)ccc1F. The standard InChI is InChI=1S/C33H36FN5O5S/c1-19(2)45(42,43)30-12-9-24(37-20(3)40)18-26(30)28-6-5-15-39(28)33(41)31(22-7-11-27(34)29(17-22)44-4)38-23-8-10-25-21(16-23)13-14-36-32(25)35/h7-14,16-19,28,31,38H,5-6,15H2,1-4H3,(H2,35,36)(H,37,40). The van der Waals surface area contributed by atoms with Crippen LogP contribution in [0.4, 0.5) is 21.6 Å². The number of nitrogens with two attached hydrogens (primary N) is 1. The van der Waals surface area contributed by atoms with Crippen LogP contribution in [-0.2, 0) is 19.4 Å². The van der Waals surface area contributed by atoms with E-state index in [0.717, 1.165) is 10.8 Å². The van der Waals surface area contributed by atoms with Crippen molar-refractivity contribution in [2.75, 3.05) is 30.0 Å². The van der Waals surface area contributed by atoms with E-state index in [-0.39, 0.29) is 22.5 Å². The number of carbonyl (C=O) groups excluding carboxylic acids is 2. The van der Waals surface area contributed by atoms with Gasteiger partial charge in [0, 0.05) is 36.4 Å². The predicted octanol–water partition coefficient (Wildman–Crippen LogP) is 5.62. The fourth-order valence-electron chi connectivity index (χ4n) is 5.72. The molecule has 3 aromatic carbocycles. The molecule has 5 rings (SSSR count). The first-order valence-electron chi connectivity index (χ1n) is 14.6. The van der Waals surface area contributed by atoms with Crippen molar-refractivity contribution in [2.24, 2.45) is 0 Å². The Balaban J connectivity index is 1.59. The van der Waals surface area contributed by atoms with Gasteiger partial charge >= 0.3 is 0 Å². The molecule has 2 unspecified atom stereocenters. The summed E-state index contributed by atoms with van der Waals surface area (Å²) in [5.74, 6) is -0.849. The average molecular weight is 634 g/mol. The number of hydrogen-bond acceptors (Lipinski definition) is 8. The first-order chi connectivity index (χ1) is 21.4. The summed E-state index contributed by atoms with van der Waals surface area (Å²) in [6, 6.07) is 14.6. The summed E-state index contributed by atoms with van der Waals surface area (Å²) in [4.78, 5) is 32.3. The van der Waals surface area contributed by atoms with Crippen LogP contribution in [0.25, 0.3) is 10.8 Å². The number of aromatic nitrogens is 1. The number of nitrogens with one attached hydrogen (secondary N) is 2. The van der Waals surface area contributed by atoms with Crippen molar-refractivity contribution >= 4 is 49.6 Å². The lowest BCUT2D eigenvalue weighted by molar-refractivity contribution is -0.133. The highest BCUT2D eigenvalue weighted by molar-refractivity contribution is 7.92. The molecule has 10 nitrogen and oxygen atoms in total. The van der Waals surface area contributed by atoms with E-state index < -0.39 is 33.0 Å². The van der Waals surface area contributed by atoms with E-state index in [1.165, 1.54) is 38.3 Å².